The van der Waals surface area contributed by atoms with Crippen molar-refractivity contribution in [1.82, 2.24) is 5.32 Å². The van der Waals surface area contributed by atoms with E-state index < -0.39 is 10.0 Å². The van der Waals surface area contributed by atoms with Crippen LogP contribution in [0.2, 0.25) is 0 Å². The molecular weight excluding hydrogens is 188 g/mol. The second-order valence-electron chi connectivity index (χ2n) is 2.36. The average Bonchev–Trinajstić information content (AvgIpc) is 2.06. The third-order valence-corrected chi connectivity index (χ3v) is 2.00. The van der Waals surface area contributed by atoms with Gasteiger partial charge in [-0.05, 0) is 26.2 Å². The highest BCUT2D eigenvalue weighted by Gasteiger charge is 2.03. The normalized spacial score (nSPS) is 10.1. The van der Waals surface area contributed by atoms with Crippen LogP contribution >= 0.6 is 0 Å². The van der Waals surface area contributed by atoms with Gasteiger partial charge in [0.05, 0.1) is 4.90 Å². The van der Waals surface area contributed by atoms with E-state index >= 15 is 0 Å². The molecule has 0 aromatic heterocycles. The van der Waals surface area contributed by atoms with Crippen LogP contribution < -0.4 is 10.5 Å². The van der Waals surface area contributed by atoms with Crippen molar-refractivity contribution in [1.29, 1.82) is 0 Å². The highest BCUT2D eigenvalue weighted by atomic mass is 32.2. The third kappa shape index (κ3) is 5.35. The van der Waals surface area contributed by atoms with Gasteiger partial charge in [0.2, 0.25) is 10.0 Å². The summed E-state index contributed by atoms with van der Waals surface area (Å²) < 4.78 is 21.2. The Balaban J connectivity index is 0.000000424. The molecule has 0 fully saturated rings. The number of hydrogen-bond acceptors (Lipinski definition) is 3. The summed E-state index contributed by atoms with van der Waals surface area (Å²) in [4.78, 5) is 0.148. The van der Waals surface area contributed by atoms with Gasteiger partial charge in [0.1, 0.15) is 0 Å². The van der Waals surface area contributed by atoms with Crippen molar-refractivity contribution in [3.63, 3.8) is 0 Å². The fourth-order valence-electron chi connectivity index (χ4n) is 0.610. The lowest BCUT2D eigenvalue weighted by atomic mass is 10.4. The standard InChI is InChI=1S/C6H7NO2S.C2H7N/c7-10(8,9)6-4-2-1-3-5-6;1-3-2/h1-5H,(H2,7,8,9);3H,1-2H3. The molecule has 3 N–H and O–H groups in total. The van der Waals surface area contributed by atoms with E-state index in [-0.39, 0.29) is 4.90 Å². The first-order valence-corrected chi connectivity index (χ1v) is 5.23. The minimum atomic E-state index is -3.50. The van der Waals surface area contributed by atoms with Crippen LogP contribution in [-0.4, -0.2) is 22.5 Å². The predicted octanol–water partition coefficient (Wildman–Crippen LogP) is 0.170. The Bertz CT molecular complexity index is 321. The van der Waals surface area contributed by atoms with Crippen molar-refractivity contribution in [2.24, 2.45) is 5.14 Å². The fraction of sp³-hybridized carbons (Fsp3) is 0.250. The summed E-state index contributed by atoms with van der Waals surface area (Å²) in [5.74, 6) is 0. The fourth-order valence-corrected chi connectivity index (χ4v) is 1.15. The number of sulfonamides is 1. The Labute approximate surface area is 78.8 Å². The first kappa shape index (κ1) is 12.1. The van der Waals surface area contributed by atoms with Crippen LogP contribution in [0.15, 0.2) is 35.2 Å². The Morgan fingerprint density at radius 2 is 1.54 bits per heavy atom. The Hall–Kier alpha value is -0.910. The smallest absolute Gasteiger partial charge is 0.238 e. The predicted molar refractivity (Wildman–Crippen MR) is 52.8 cm³/mol. The van der Waals surface area contributed by atoms with Gasteiger partial charge in [0.25, 0.3) is 0 Å². The molecule has 0 aliphatic heterocycles. The molecule has 1 aromatic carbocycles. The van der Waals surface area contributed by atoms with E-state index in [9.17, 15) is 8.42 Å². The maximum Gasteiger partial charge on any atom is 0.238 e. The lowest BCUT2D eigenvalue weighted by molar-refractivity contribution is 0.598. The van der Waals surface area contributed by atoms with Crippen LogP contribution in [0.4, 0.5) is 0 Å². The summed E-state index contributed by atoms with van der Waals surface area (Å²) in [5.41, 5.74) is 0. The van der Waals surface area contributed by atoms with Crippen molar-refractivity contribution >= 4 is 10.0 Å². The summed E-state index contributed by atoms with van der Waals surface area (Å²) >= 11 is 0. The highest BCUT2D eigenvalue weighted by molar-refractivity contribution is 7.89. The second kappa shape index (κ2) is 5.69. The summed E-state index contributed by atoms with van der Waals surface area (Å²) in [6, 6.07) is 7.89. The van der Waals surface area contributed by atoms with E-state index in [4.69, 9.17) is 5.14 Å². The number of nitrogens with two attached hydrogens (primary N) is 1. The zero-order valence-corrected chi connectivity index (χ0v) is 8.51. The number of primary sulfonamides is 1. The van der Waals surface area contributed by atoms with Crippen LogP contribution in [0.5, 0.6) is 0 Å². The number of hydrogen-bond donors (Lipinski definition) is 2. The van der Waals surface area contributed by atoms with E-state index in [1.54, 1.807) is 18.2 Å². The van der Waals surface area contributed by atoms with Crippen LogP contribution in [0.1, 0.15) is 0 Å². The first-order chi connectivity index (χ1) is 6.02. The molecule has 0 spiro atoms. The molecule has 1 rings (SSSR count). The molecule has 0 aliphatic carbocycles. The molecule has 74 valence electrons. The molecule has 0 radical (unpaired) electrons. The minimum Gasteiger partial charge on any atom is -0.323 e. The molecule has 0 saturated carbocycles. The van der Waals surface area contributed by atoms with Gasteiger partial charge >= 0.3 is 0 Å². The number of rotatable bonds is 1. The molecule has 5 heteroatoms. The summed E-state index contributed by atoms with van der Waals surface area (Å²) in [7, 11) is 0.247. The largest absolute Gasteiger partial charge is 0.323 e. The van der Waals surface area contributed by atoms with Crippen molar-refractivity contribution in [3.05, 3.63) is 30.3 Å². The van der Waals surface area contributed by atoms with Gasteiger partial charge < -0.3 is 5.32 Å². The summed E-state index contributed by atoms with van der Waals surface area (Å²) in [5, 5.41) is 7.58. The minimum absolute atomic E-state index is 0.148. The van der Waals surface area contributed by atoms with Crippen LogP contribution in [0.25, 0.3) is 0 Å². The molecule has 0 saturated heterocycles. The van der Waals surface area contributed by atoms with Crippen molar-refractivity contribution in [2.45, 2.75) is 4.90 Å². The molecule has 0 unspecified atom stereocenters. The summed E-state index contributed by atoms with van der Waals surface area (Å²) in [6.45, 7) is 0. The number of nitrogens with one attached hydrogen (secondary N) is 1. The van der Waals surface area contributed by atoms with Crippen LogP contribution in [0.3, 0.4) is 0 Å². The summed E-state index contributed by atoms with van der Waals surface area (Å²) in [6.07, 6.45) is 0. The van der Waals surface area contributed by atoms with E-state index in [1.807, 2.05) is 14.1 Å². The van der Waals surface area contributed by atoms with Gasteiger partial charge in [0.15, 0.2) is 0 Å². The van der Waals surface area contributed by atoms with Gasteiger partial charge in [-0.15, -0.1) is 0 Å². The molecule has 13 heavy (non-hydrogen) atoms. The molecule has 0 atom stereocenters. The average molecular weight is 202 g/mol. The van der Waals surface area contributed by atoms with Gasteiger partial charge in [0, 0.05) is 0 Å². The van der Waals surface area contributed by atoms with Crippen molar-refractivity contribution < 1.29 is 8.42 Å². The maximum absolute atomic E-state index is 10.6. The van der Waals surface area contributed by atoms with E-state index in [2.05, 4.69) is 5.32 Å². The molecule has 4 nitrogen and oxygen atoms in total. The van der Waals surface area contributed by atoms with Crippen molar-refractivity contribution in [3.8, 4) is 0 Å². The molecule has 1 aromatic rings. The van der Waals surface area contributed by atoms with Crippen LogP contribution in [-0.2, 0) is 10.0 Å². The molecule has 0 bridgehead atoms. The van der Waals surface area contributed by atoms with Gasteiger partial charge in [-0.3, -0.25) is 0 Å². The van der Waals surface area contributed by atoms with E-state index in [0.29, 0.717) is 0 Å². The van der Waals surface area contributed by atoms with Gasteiger partial charge in [-0.2, -0.15) is 0 Å². The third-order valence-electron chi connectivity index (χ3n) is 1.07. The Morgan fingerprint density at radius 3 is 1.77 bits per heavy atom. The SMILES string of the molecule is CNC.NS(=O)(=O)c1ccccc1. The second-order valence-corrected chi connectivity index (χ2v) is 3.92. The zero-order chi connectivity index (χ0) is 10.3. The topological polar surface area (TPSA) is 72.2 Å². The highest BCUT2D eigenvalue weighted by Crippen LogP contribution is 2.02. The van der Waals surface area contributed by atoms with Gasteiger partial charge in [-0.25, -0.2) is 13.6 Å². The quantitative estimate of drug-likeness (QED) is 0.682. The van der Waals surface area contributed by atoms with Crippen LogP contribution in [0, 0.1) is 0 Å². The van der Waals surface area contributed by atoms with Crippen molar-refractivity contribution in [2.75, 3.05) is 14.1 Å². The lowest BCUT2D eigenvalue weighted by Gasteiger charge is -1.93. The zero-order valence-electron chi connectivity index (χ0n) is 7.69. The molecule has 0 aliphatic rings. The Kier molecular flexibility index (Phi) is 5.29. The number of benzene rings is 1. The maximum atomic E-state index is 10.6. The molecular formula is C8H14N2O2S. The molecule has 0 amide bonds. The first-order valence-electron chi connectivity index (χ1n) is 3.68. The van der Waals surface area contributed by atoms with Gasteiger partial charge in [-0.1, -0.05) is 18.2 Å². The Morgan fingerprint density at radius 1 is 1.15 bits per heavy atom. The van der Waals surface area contributed by atoms with E-state index in [1.165, 1.54) is 12.1 Å². The monoisotopic (exact) mass is 202 g/mol. The van der Waals surface area contributed by atoms with E-state index in [0.717, 1.165) is 0 Å². The molecule has 0 heterocycles. The lowest BCUT2D eigenvalue weighted by Crippen LogP contribution is -2.11.